The van der Waals surface area contributed by atoms with E-state index in [1.54, 1.807) is 25.1 Å². The van der Waals surface area contributed by atoms with Gasteiger partial charge in [-0.25, -0.2) is 0 Å². The first-order valence-electron chi connectivity index (χ1n) is 4.36. The summed E-state index contributed by atoms with van der Waals surface area (Å²) in [5.41, 5.74) is 6.66. The number of anilines is 1. The number of nitrogens with two attached hydrogens (primary N) is 1. The van der Waals surface area contributed by atoms with Crippen molar-refractivity contribution in [2.75, 3.05) is 12.3 Å². The van der Waals surface area contributed by atoms with Crippen LogP contribution in [0.1, 0.15) is 6.92 Å². The smallest absolute Gasteiger partial charge is 0.142 e. The van der Waals surface area contributed by atoms with Gasteiger partial charge in [-0.2, -0.15) is 0 Å². The molecule has 0 fully saturated rings. The molecule has 0 saturated carbocycles. The van der Waals surface area contributed by atoms with Crippen molar-refractivity contribution in [1.29, 1.82) is 0 Å². The molecule has 1 atom stereocenters. The predicted molar refractivity (Wildman–Crippen MR) is 58.4 cm³/mol. The zero-order chi connectivity index (χ0) is 11.3. The Hall–Kier alpha value is -1.33. The number of aliphatic hydroxyl groups is 1. The highest BCUT2D eigenvalue weighted by Gasteiger charge is 2.03. The van der Waals surface area contributed by atoms with Crippen LogP contribution < -0.4 is 10.5 Å². The molecule has 6 heteroatoms. The monoisotopic (exact) mass is 229 g/mol. The first-order valence-corrected chi connectivity index (χ1v) is 4.69. The number of aliphatic hydroxyl groups excluding tert-OH is 1. The maximum atomic E-state index is 9.03. The third-order valence-electron chi connectivity index (χ3n) is 1.63. The minimum absolute atomic E-state index is 0.195. The molecule has 0 aliphatic heterocycles. The second-order valence-corrected chi connectivity index (χ2v) is 3.21. The van der Waals surface area contributed by atoms with Gasteiger partial charge in [-0.05, 0) is 25.1 Å². The van der Waals surface area contributed by atoms with Gasteiger partial charge in [0.05, 0.1) is 29.3 Å². The Kier molecular flexibility index (Phi) is 4.33. The van der Waals surface area contributed by atoms with Gasteiger partial charge in [-0.3, -0.25) is 0 Å². The fourth-order valence-electron chi connectivity index (χ4n) is 0.984. The molecular formula is C9H12ClN3O2. The maximum Gasteiger partial charge on any atom is 0.142 e. The Morgan fingerprint density at radius 3 is 2.87 bits per heavy atom. The third-order valence-corrected chi connectivity index (χ3v) is 1.70. The highest BCUT2D eigenvalue weighted by Crippen LogP contribution is 2.27. The van der Waals surface area contributed by atoms with E-state index < -0.39 is 6.10 Å². The summed E-state index contributed by atoms with van der Waals surface area (Å²) < 4.78 is 8.36. The molecule has 1 unspecified atom stereocenters. The molecule has 0 aliphatic rings. The van der Waals surface area contributed by atoms with Crippen molar-refractivity contribution in [3.8, 4) is 5.75 Å². The fraction of sp³-hybridized carbons (Fsp3) is 0.333. The second kappa shape index (κ2) is 5.53. The molecule has 1 aromatic carbocycles. The van der Waals surface area contributed by atoms with Gasteiger partial charge in [0.1, 0.15) is 12.4 Å². The summed E-state index contributed by atoms with van der Waals surface area (Å²) >= 11 is 5.08. The number of ether oxygens (including phenoxy) is 1. The molecule has 5 nitrogen and oxygen atoms in total. The van der Waals surface area contributed by atoms with Crippen LogP contribution in [0, 0.1) is 0 Å². The van der Waals surface area contributed by atoms with Crippen molar-refractivity contribution in [2.24, 2.45) is 9.75 Å². The molecule has 0 amide bonds. The van der Waals surface area contributed by atoms with E-state index in [-0.39, 0.29) is 6.61 Å². The molecule has 0 radical (unpaired) electrons. The topological polar surface area (TPSA) is 80.2 Å². The van der Waals surface area contributed by atoms with Crippen molar-refractivity contribution >= 4 is 23.2 Å². The Morgan fingerprint density at radius 1 is 1.60 bits per heavy atom. The first kappa shape index (κ1) is 11.7. The Morgan fingerprint density at radius 2 is 2.33 bits per heavy atom. The van der Waals surface area contributed by atoms with Crippen LogP contribution in [0.15, 0.2) is 27.9 Å². The third kappa shape index (κ3) is 3.73. The van der Waals surface area contributed by atoms with Gasteiger partial charge >= 0.3 is 0 Å². The van der Waals surface area contributed by atoms with Crippen LogP contribution in [0.2, 0.25) is 0 Å². The van der Waals surface area contributed by atoms with Crippen molar-refractivity contribution in [3.05, 3.63) is 18.2 Å². The van der Waals surface area contributed by atoms with Gasteiger partial charge in [0.15, 0.2) is 0 Å². The van der Waals surface area contributed by atoms with E-state index in [1.807, 2.05) is 0 Å². The van der Waals surface area contributed by atoms with Gasteiger partial charge < -0.3 is 15.6 Å². The quantitative estimate of drug-likeness (QED) is 0.614. The van der Waals surface area contributed by atoms with Crippen LogP contribution in [0.4, 0.5) is 11.4 Å². The summed E-state index contributed by atoms with van der Waals surface area (Å²) in [6, 6.07) is 4.90. The van der Waals surface area contributed by atoms with Gasteiger partial charge in [-0.1, -0.05) is 4.63 Å². The largest absolute Gasteiger partial charge is 0.489 e. The van der Waals surface area contributed by atoms with Gasteiger partial charge in [0.2, 0.25) is 0 Å². The summed E-state index contributed by atoms with van der Waals surface area (Å²) in [5, 5.41) is 12.6. The summed E-state index contributed by atoms with van der Waals surface area (Å²) in [4.78, 5) is 0. The Labute approximate surface area is 92.6 Å². The SMILES string of the molecule is CC(O)COc1ccc(N=NCl)cc1N. The number of nitrogen functional groups attached to an aromatic ring is 1. The lowest BCUT2D eigenvalue weighted by Gasteiger charge is -2.10. The van der Waals surface area contributed by atoms with Crippen LogP contribution in [-0.2, 0) is 0 Å². The molecule has 82 valence electrons. The van der Waals surface area contributed by atoms with Crippen LogP contribution in [0.5, 0.6) is 5.75 Å². The van der Waals surface area contributed by atoms with Crippen LogP contribution in [0.3, 0.4) is 0 Å². The minimum atomic E-state index is -0.536. The van der Waals surface area contributed by atoms with E-state index in [0.717, 1.165) is 0 Å². The molecule has 1 rings (SSSR count). The number of nitrogens with zero attached hydrogens (tertiary/aromatic N) is 2. The van der Waals surface area contributed by atoms with E-state index in [4.69, 9.17) is 27.4 Å². The lowest BCUT2D eigenvalue weighted by Crippen LogP contribution is -2.13. The molecule has 3 N–H and O–H groups in total. The number of benzene rings is 1. The molecule has 0 spiro atoms. The molecule has 0 heterocycles. The summed E-state index contributed by atoms with van der Waals surface area (Å²) in [6.07, 6.45) is -0.536. The number of hydrogen-bond donors (Lipinski definition) is 2. The molecule has 15 heavy (non-hydrogen) atoms. The van der Waals surface area contributed by atoms with E-state index in [2.05, 4.69) is 9.75 Å². The number of rotatable bonds is 4. The fourth-order valence-corrected chi connectivity index (χ4v) is 1.07. The Bertz CT molecular complexity index is 355. The molecule has 0 aliphatic carbocycles. The number of halogens is 1. The summed E-state index contributed by atoms with van der Waals surface area (Å²) in [7, 11) is 0. The zero-order valence-electron chi connectivity index (χ0n) is 8.22. The molecule has 0 saturated heterocycles. The summed E-state index contributed by atoms with van der Waals surface area (Å²) in [5.74, 6) is 0.504. The molecule has 1 aromatic rings. The second-order valence-electron chi connectivity index (χ2n) is 3.06. The molecular weight excluding hydrogens is 218 g/mol. The lowest BCUT2D eigenvalue weighted by molar-refractivity contribution is 0.123. The highest BCUT2D eigenvalue weighted by atomic mass is 35.5. The molecule has 0 aromatic heterocycles. The highest BCUT2D eigenvalue weighted by molar-refractivity contribution is 6.14. The van der Waals surface area contributed by atoms with Gasteiger partial charge in [0, 0.05) is 0 Å². The summed E-state index contributed by atoms with van der Waals surface area (Å²) in [6.45, 7) is 1.83. The van der Waals surface area contributed by atoms with E-state index >= 15 is 0 Å². The van der Waals surface area contributed by atoms with Gasteiger partial charge in [0.25, 0.3) is 0 Å². The normalized spacial score (nSPS) is 13.0. The molecule has 0 bridgehead atoms. The average Bonchev–Trinajstić information content (AvgIpc) is 2.17. The lowest BCUT2D eigenvalue weighted by atomic mass is 10.2. The zero-order valence-corrected chi connectivity index (χ0v) is 8.98. The Balaban J connectivity index is 2.74. The van der Waals surface area contributed by atoms with E-state index in [9.17, 15) is 0 Å². The van der Waals surface area contributed by atoms with Crippen molar-refractivity contribution in [3.63, 3.8) is 0 Å². The van der Waals surface area contributed by atoms with E-state index in [1.165, 1.54) is 0 Å². The minimum Gasteiger partial charge on any atom is -0.489 e. The number of hydrogen-bond acceptors (Lipinski definition) is 5. The van der Waals surface area contributed by atoms with Crippen molar-refractivity contribution < 1.29 is 9.84 Å². The van der Waals surface area contributed by atoms with Crippen molar-refractivity contribution in [2.45, 2.75) is 13.0 Å². The predicted octanol–water partition coefficient (Wildman–Crippen LogP) is 2.27. The van der Waals surface area contributed by atoms with Crippen molar-refractivity contribution in [1.82, 2.24) is 0 Å². The van der Waals surface area contributed by atoms with Gasteiger partial charge in [-0.15, -0.1) is 5.11 Å². The standard InChI is InChI=1S/C9H12ClN3O2/c1-6(14)5-15-9-3-2-7(12-13-10)4-8(9)11/h2-4,6,14H,5,11H2,1H3. The maximum absolute atomic E-state index is 9.03. The van der Waals surface area contributed by atoms with Crippen LogP contribution in [0.25, 0.3) is 0 Å². The van der Waals surface area contributed by atoms with Crippen LogP contribution in [-0.4, -0.2) is 17.8 Å². The first-order chi connectivity index (χ1) is 7.13. The van der Waals surface area contributed by atoms with E-state index in [0.29, 0.717) is 17.1 Å². The average molecular weight is 230 g/mol. The van der Waals surface area contributed by atoms with Crippen LogP contribution >= 0.6 is 11.8 Å².